The van der Waals surface area contributed by atoms with E-state index in [2.05, 4.69) is 10.0 Å². The minimum atomic E-state index is -3.77. The number of piperidine rings is 1. The first kappa shape index (κ1) is 24.4. The van der Waals surface area contributed by atoms with Crippen LogP contribution < -0.4 is 10.0 Å². The Hall–Kier alpha value is -2.21. The highest BCUT2D eigenvalue weighted by Gasteiger charge is 2.28. The van der Waals surface area contributed by atoms with Crippen LogP contribution in [0.15, 0.2) is 46.3 Å². The van der Waals surface area contributed by atoms with Gasteiger partial charge in [0.2, 0.25) is 20.0 Å². The summed E-state index contributed by atoms with van der Waals surface area (Å²) in [5.41, 5.74) is -0.215. The first-order chi connectivity index (χ1) is 14.8. The summed E-state index contributed by atoms with van der Waals surface area (Å²) in [7, 11) is -5.84. The molecule has 11 heteroatoms. The molecule has 2 heterocycles. The molecular weight excluding hydrogens is 452 g/mol. The molecular formula is C21H30N4O5S2. The van der Waals surface area contributed by atoms with Gasteiger partial charge < -0.3 is 9.88 Å². The van der Waals surface area contributed by atoms with Crippen molar-refractivity contribution in [3.63, 3.8) is 0 Å². The van der Waals surface area contributed by atoms with Crippen molar-refractivity contribution < 1.29 is 21.6 Å². The molecule has 3 rings (SSSR count). The number of nitrogens with one attached hydrogen (secondary N) is 2. The molecule has 1 aromatic heterocycles. The first-order valence-corrected chi connectivity index (χ1v) is 13.3. The molecule has 176 valence electrons. The van der Waals surface area contributed by atoms with Crippen LogP contribution >= 0.6 is 0 Å². The molecule has 1 saturated heterocycles. The second kappa shape index (κ2) is 8.97. The molecule has 32 heavy (non-hydrogen) atoms. The molecule has 0 atom stereocenters. The van der Waals surface area contributed by atoms with Crippen LogP contribution in [-0.4, -0.2) is 50.2 Å². The molecule has 1 amide bonds. The van der Waals surface area contributed by atoms with Crippen molar-refractivity contribution in [1.82, 2.24) is 13.6 Å². The lowest BCUT2D eigenvalue weighted by molar-refractivity contribution is 0.101. The van der Waals surface area contributed by atoms with E-state index in [0.717, 1.165) is 19.3 Å². The van der Waals surface area contributed by atoms with Gasteiger partial charge in [0.05, 0.1) is 4.90 Å². The quantitative estimate of drug-likeness (QED) is 0.656. The summed E-state index contributed by atoms with van der Waals surface area (Å²) >= 11 is 0. The Labute approximate surface area is 189 Å². The smallest absolute Gasteiger partial charge is 0.272 e. The average Bonchev–Trinajstić information content (AvgIpc) is 3.10. The monoisotopic (exact) mass is 482 g/mol. The van der Waals surface area contributed by atoms with Crippen LogP contribution in [0.5, 0.6) is 0 Å². The topological polar surface area (TPSA) is 118 Å². The van der Waals surface area contributed by atoms with Gasteiger partial charge in [0, 0.05) is 37.6 Å². The van der Waals surface area contributed by atoms with Gasteiger partial charge in [-0.25, -0.2) is 21.6 Å². The molecule has 1 aromatic carbocycles. The lowest BCUT2D eigenvalue weighted by Crippen LogP contribution is -2.40. The summed E-state index contributed by atoms with van der Waals surface area (Å²) in [4.78, 5) is 12.9. The summed E-state index contributed by atoms with van der Waals surface area (Å²) in [5, 5.41) is 2.66. The van der Waals surface area contributed by atoms with Gasteiger partial charge in [0.1, 0.15) is 10.6 Å². The van der Waals surface area contributed by atoms with E-state index in [9.17, 15) is 21.6 Å². The number of sulfonamides is 2. The third kappa shape index (κ3) is 5.58. The number of amides is 1. The minimum absolute atomic E-state index is 0.0190. The number of rotatable bonds is 6. The van der Waals surface area contributed by atoms with Crippen molar-refractivity contribution in [1.29, 1.82) is 0 Å². The molecule has 2 N–H and O–H groups in total. The zero-order valence-electron chi connectivity index (χ0n) is 18.8. The van der Waals surface area contributed by atoms with E-state index in [0.29, 0.717) is 13.1 Å². The standard InChI is InChI=1S/C21H30N4O5S2/c1-21(2,3)23-31(27,28)17-10-8-9-16(13-17)22-20(26)19-14-18(15-24(19)4)32(29,30)25-11-6-5-7-12-25/h8-10,13-15,23H,5-7,11-12H2,1-4H3,(H,22,26). The van der Waals surface area contributed by atoms with Crippen LogP contribution in [0.3, 0.4) is 0 Å². The van der Waals surface area contributed by atoms with Gasteiger partial charge in [-0.05, 0) is 57.9 Å². The maximum absolute atomic E-state index is 12.9. The Morgan fingerprint density at radius 2 is 1.62 bits per heavy atom. The number of anilines is 1. The van der Waals surface area contributed by atoms with Crippen molar-refractivity contribution in [2.45, 2.75) is 55.4 Å². The fourth-order valence-corrected chi connectivity index (χ4v) is 6.61. The van der Waals surface area contributed by atoms with E-state index in [1.54, 1.807) is 33.9 Å². The van der Waals surface area contributed by atoms with Crippen molar-refractivity contribution in [2.75, 3.05) is 18.4 Å². The molecule has 0 radical (unpaired) electrons. The zero-order valence-corrected chi connectivity index (χ0v) is 20.4. The molecule has 1 aliphatic rings. The molecule has 0 saturated carbocycles. The second-order valence-electron chi connectivity index (χ2n) is 8.97. The number of carbonyl (C=O) groups is 1. The van der Waals surface area contributed by atoms with Gasteiger partial charge in [-0.15, -0.1) is 0 Å². The normalized spacial score (nSPS) is 16.1. The van der Waals surface area contributed by atoms with Gasteiger partial charge >= 0.3 is 0 Å². The Kier molecular flexibility index (Phi) is 6.85. The predicted octanol–water partition coefficient (Wildman–Crippen LogP) is 2.53. The molecule has 2 aromatic rings. The van der Waals surface area contributed by atoms with E-state index in [1.807, 2.05) is 0 Å². The lowest BCUT2D eigenvalue weighted by Gasteiger charge is -2.25. The molecule has 9 nitrogen and oxygen atoms in total. The summed E-state index contributed by atoms with van der Waals surface area (Å²) in [6, 6.07) is 7.25. The Balaban J connectivity index is 1.81. The molecule has 1 fully saturated rings. The van der Waals surface area contributed by atoms with Crippen LogP contribution in [0.4, 0.5) is 5.69 Å². The first-order valence-electron chi connectivity index (χ1n) is 10.4. The maximum Gasteiger partial charge on any atom is 0.272 e. The van der Waals surface area contributed by atoms with E-state index in [-0.39, 0.29) is 21.2 Å². The summed E-state index contributed by atoms with van der Waals surface area (Å²) in [6.45, 7) is 6.16. The fraction of sp³-hybridized carbons (Fsp3) is 0.476. The number of aryl methyl sites for hydroxylation is 1. The second-order valence-corrected chi connectivity index (χ2v) is 12.6. The minimum Gasteiger partial charge on any atom is -0.345 e. The van der Waals surface area contributed by atoms with Crippen LogP contribution in [-0.2, 0) is 27.1 Å². The molecule has 0 aliphatic carbocycles. The summed E-state index contributed by atoms with van der Waals surface area (Å²) < 4.78 is 56.4. The number of hydrogen-bond acceptors (Lipinski definition) is 5. The Morgan fingerprint density at radius 3 is 2.25 bits per heavy atom. The van der Waals surface area contributed by atoms with Gasteiger partial charge in [-0.1, -0.05) is 12.5 Å². The highest BCUT2D eigenvalue weighted by atomic mass is 32.2. The lowest BCUT2D eigenvalue weighted by atomic mass is 10.1. The predicted molar refractivity (Wildman–Crippen MR) is 122 cm³/mol. The van der Waals surface area contributed by atoms with Crippen LogP contribution in [0.1, 0.15) is 50.5 Å². The van der Waals surface area contributed by atoms with Gasteiger partial charge in [-0.2, -0.15) is 4.31 Å². The molecule has 0 spiro atoms. The number of hydrogen-bond donors (Lipinski definition) is 2. The molecule has 1 aliphatic heterocycles. The molecule has 0 unspecified atom stereocenters. The molecule has 0 bridgehead atoms. The number of aromatic nitrogens is 1. The third-order valence-corrected chi connectivity index (χ3v) is 8.63. The summed E-state index contributed by atoms with van der Waals surface area (Å²) in [5.74, 6) is -0.536. The van der Waals surface area contributed by atoms with E-state index in [4.69, 9.17) is 0 Å². The van der Waals surface area contributed by atoms with Crippen LogP contribution in [0, 0.1) is 0 Å². The Bertz CT molecular complexity index is 1210. The zero-order chi connectivity index (χ0) is 23.7. The summed E-state index contributed by atoms with van der Waals surface area (Å²) in [6.07, 6.45) is 4.08. The third-order valence-electron chi connectivity index (χ3n) is 5.01. The SMILES string of the molecule is Cn1cc(S(=O)(=O)N2CCCCC2)cc1C(=O)Nc1cccc(S(=O)(=O)NC(C)(C)C)c1. The van der Waals surface area contributed by atoms with Gasteiger partial charge in [0.25, 0.3) is 5.91 Å². The highest BCUT2D eigenvalue weighted by Crippen LogP contribution is 2.23. The van der Waals surface area contributed by atoms with E-state index < -0.39 is 31.5 Å². The Morgan fingerprint density at radius 1 is 0.969 bits per heavy atom. The van der Waals surface area contributed by atoms with Crippen molar-refractivity contribution in [3.05, 3.63) is 42.2 Å². The van der Waals surface area contributed by atoms with Crippen molar-refractivity contribution >= 4 is 31.6 Å². The van der Waals surface area contributed by atoms with Gasteiger partial charge in [0.15, 0.2) is 0 Å². The number of nitrogens with zero attached hydrogens (tertiary/aromatic N) is 2. The number of carbonyl (C=O) groups excluding carboxylic acids is 1. The van der Waals surface area contributed by atoms with Crippen molar-refractivity contribution in [2.24, 2.45) is 7.05 Å². The maximum atomic E-state index is 12.9. The van der Waals surface area contributed by atoms with Gasteiger partial charge in [-0.3, -0.25) is 4.79 Å². The van der Waals surface area contributed by atoms with Crippen LogP contribution in [0.25, 0.3) is 0 Å². The van der Waals surface area contributed by atoms with E-state index >= 15 is 0 Å². The van der Waals surface area contributed by atoms with Crippen molar-refractivity contribution in [3.8, 4) is 0 Å². The largest absolute Gasteiger partial charge is 0.345 e. The van der Waals surface area contributed by atoms with E-state index in [1.165, 1.54) is 39.3 Å². The van der Waals surface area contributed by atoms with Crippen LogP contribution in [0.2, 0.25) is 0 Å². The number of benzene rings is 1. The average molecular weight is 483 g/mol. The highest BCUT2D eigenvalue weighted by molar-refractivity contribution is 7.89. The fourth-order valence-electron chi connectivity index (χ4n) is 3.55.